The fourth-order valence-corrected chi connectivity index (χ4v) is 4.67. The standard InChI is InChI=1S/C25H22ClN7O4/c1-12-11-13(2)33(31-12)19-9-7-16(26)22(29-19)24(36)28-17-6-4-5-15-21(17)27-14(3)32(25(15)37)18-8-10-20(34)30-23(18)35/h4-7,9,11,18H,8,10H2,1-3H3,(H,28,36)(H,30,34,35). The predicted molar refractivity (Wildman–Crippen MR) is 136 cm³/mol. The van der Waals surface area contributed by atoms with Crippen molar-refractivity contribution in [2.24, 2.45) is 0 Å². The second-order valence-electron chi connectivity index (χ2n) is 8.80. The molecule has 1 saturated heterocycles. The number of aromatic nitrogens is 5. The average molecular weight is 520 g/mol. The van der Waals surface area contributed by atoms with E-state index in [-0.39, 0.29) is 51.9 Å². The van der Waals surface area contributed by atoms with Gasteiger partial charge in [0.2, 0.25) is 11.8 Å². The summed E-state index contributed by atoms with van der Waals surface area (Å²) in [7, 11) is 0. The molecule has 12 heteroatoms. The maximum atomic E-state index is 13.4. The number of amides is 3. The van der Waals surface area contributed by atoms with E-state index in [1.54, 1.807) is 41.9 Å². The first kappa shape index (κ1) is 24.3. The highest BCUT2D eigenvalue weighted by atomic mass is 35.5. The molecular formula is C25H22ClN7O4. The highest BCUT2D eigenvalue weighted by Gasteiger charge is 2.30. The third kappa shape index (κ3) is 4.38. The Morgan fingerprint density at radius 1 is 1.11 bits per heavy atom. The molecule has 0 bridgehead atoms. The van der Waals surface area contributed by atoms with E-state index in [2.05, 4.69) is 25.7 Å². The Hall–Kier alpha value is -4.38. The van der Waals surface area contributed by atoms with Gasteiger partial charge in [0, 0.05) is 12.1 Å². The largest absolute Gasteiger partial charge is 0.319 e. The van der Waals surface area contributed by atoms with Gasteiger partial charge in [-0.15, -0.1) is 0 Å². The van der Waals surface area contributed by atoms with Crippen molar-refractivity contribution in [3.63, 3.8) is 0 Å². The fourth-order valence-electron chi connectivity index (χ4n) is 4.48. The molecule has 188 valence electrons. The van der Waals surface area contributed by atoms with E-state index in [9.17, 15) is 19.2 Å². The van der Waals surface area contributed by atoms with Crippen LogP contribution in [0.4, 0.5) is 5.69 Å². The maximum Gasteiger partial charge on any atom is 0.275 e. The van der Waals surface area contributed by atoms with Gasteiger partial charge in [-0.05, 0) is 57.5 Å². The molecule has 4 heterocycles. The number of carbonyl (C=O) groups is 3. The van der Waals surface area contributed by atoms with Crippen LogP contribution in [0.15, 0.2) is 41.2 Å². The normalized spacial score (nSPS) is 15.6. The van der Waals surface area contributed by atoms with Gasteiger partial charge in [-0.25, -0.2) is 14.6 Å². The van der Waals surface area contributed by atoms with Crippen molar-refractivity contribution in [2.75, 3.05) is 5.32 Å². The van der Waals surface area contributed by atoms with Gasteiger partial charge in [0.25, 0.3) is 11.5 Å². The van der Waals surface area contributed by atoms with Crippen molar-refractivity contribution in [1.29, 1.82) is 0 Å². The molecule has 4 aromatic rings. The van der Waals surface area contributed by atoms with Crippen LogP contribution >= 0.6 is 11.6 Å². The molecule has 0 radical (unpaired) electrons. The molecule has 1 aliphatic heterocycles. The number of halogens is 1. The monoisotopic (exact) mass is 519 g/mol. The average Bonchev–Trinajstić information content (AvgIpc) is 3.19. The number of aryl methyl sites for hydroxylation is 3. The van der Waals surface area contributed by atoms with Gasteiger partial charge < -0.3 is 5.32 Å². The summed E-state index contributed by atoms with van der Waals surface area (Å²) in [5.41, 5.74) is 1.73. The van der Waals surface area contributed by atoms with Gasteiger partial charge in [0.05, 0.1) is 21.8 Å². The van der Waals surface area contributed by atoms with Gasteiger partial charge >= 0.3 is 0 Å². The summed E-state index contributed by atoms with van der Waals surface area (Å²) in [6.07, 6.45) is 0.325. The molecule has 0 saturated carbocycles. The number of fused-ring (bicyclic) bond motifs is 1. The summed E-state index contributed by atoms with van der Waals surface area (Å²) in [4.78, 5) is 59.5. The van der Waals surface area contributed by atoms with Crippen LogP contribution in [0.5, 0.6) is 0 Å². The minimum Gasteiger partial charge on any atom is -0.319 e. The summed E-state index contributed by atoms with van der Waals surface area (Å²) < 4.78 is 2.90. The molecule has 37 heavy (non-hydrogen) atoms. The molecular weight excluding hydrogens is 498 g/mol. The number of hydrogen-bond donors (Lipinski definition) is 2. The molecule has 3 amide bonds. The number of para-hydroxylation sites is 1. The number of hydrogen-bond acceptors (Lipinski definition) is 7. The predicted octanol–water partition coefficient (Wildman–Crippen LogP) is 2.79. The highest BCUT2D eigenvalue weighted by molar-refractivity contribution is 6.34. The lowest BCUT2D eigenvalue weighted by Gasteiger charge is -2.24. The first-order valence-corrected chi connectivity index (χ1v) is 11.9. The number of rotatable bonds is 4. The van der Waals surface area contributed by atoms with Crippen LogP contribution in [-0.2, 0) is 9.59 Å². The van der Waals surface area contributed by atoms with Gasteiger partial charge in [0.15, 0.2) is 5.82 Å². The SMILES string of the molecule is Cc1cc(C)n(-c2ccc(Cl)c(C(=O)Nc3cccc4c(=O)n(C5CCC(=O)NC5=O)c(C)nc34)n2)n1. The number of anilines is 1. The van der Waals surface area contributed by atoms with E-state index in [4.69, 9.17) is 11.6 Å². The smallest absolute Gasteiger partial charge is 0.275 e. The first-order chi connectivity index (χ1) is 17.6. The number of nitrogens with one attached hydrogen (secondary N) is 2. The van der Waals surface area contributed by atoms with E-state index in [0.717, 1.165) is 11.4 Å². The Morgan fingerprint density at radius 2 is 1.89 bits per heavy atom. The Bertz CT molecular complexity index is 1670. The summed E-state index contributed by atoms with van der Waals surface area (Å²) >= 11 is 6.31. The summed E-state index contributed by atoms with van der Waals surface area (Å²) in [5, 5.41) is 9.78. The summed E-state index contributed by atoms with van der Waals surface area (Å²) in [6, 6.07) is 9.06. The van der Waals surface area contributed by atoms with Crippen molar-refractivity contribution in [3.8, 4) is 5.82 Å². The van der Waals surface area contributed by atoms with E-state index in [1.165, 1.54) is 4.57 Å². The molecule has 1 fully saturated rings. The minimum absolute atomic E-state index is 0.0164. The van der Waals surface area contributed by atoms with Gasteiger partial charge in [-0.1, -0.05) is 17.7 Å². The molecule has 11 nitrogen and oxygen atoms in total. The topological polar surface area (TPSA) is 141 Å². The molecule has 0 spiro atoms. The van der Waals surface area contributed by atoms with Crippen LogP contribution in [0.25, 0.3) is 16.7 Å². The van der Waals surface area contributed by atoms with E-state index in [1.807, 2.05) is 19.9 Å². The quantitative estimate of drug-likeness (QED) is 0.395. The lowest BCUT2D eigenvalue weighted by Crippen LogP contribution is -2.45. The molecule has 1 atom stereocenters. The lowest BCUT2D eigenvalue weighted by molar-refractivity contribution is -0.135. The van der Waals surface area contributed by atoms with Gasteiger partial charge in [-0.2, -0.15) is 5.10 Å². The highest BCUT2D eigenvalue weighted by Crippen LogP contribution is 2.25. The Balaban J connectivity index is 1.52. The van der Waals surface area contributed by atoms with Crippen molar-refractivity contribution in [2.45, 2.75) is 39.7 Å². The second-order valence-corrected chi connectivity index (χ2v) is 9.20. The van der Waals surface area contributed by atoms with Crippen molar-refractivity contribution in [1.82, 2.24) is 29.6 Å². The molecule has 5 rings (SSSR count). The third-order valence-electron chi connectivity index (χ3n) is 6.15. The number of benzene rings is 1. The van der Waals surface area contributed by atoms with E-state index >= 15 is 0 Å². The van der Waals surface area contributed by atoms with Crippen LogP contribution in [0.3, 0.4) is 0 Å². The molecule has 2 N–H and O–H groups in total. The van der Waals surface area contributed by atoms with E-state index in [0.29, 0.717) is 5.82 Å². The maximum absolute atomic E-state index is 13.4. The van der Waals surface area contributed by atoms with Crippen LogP contribution < -0.4 is 16.2 Å². The molecule has 3 aromatic heterocycles. The minimum atomic E-state index is -0.847. The van der Waals surface area contributed by atoms with E-state index < -0.39 is 23.4 Å². The van der Waals surface area contributed by atoms with Gasteiger partial charge in [-0.3, -0.25) is 29.1 Å². The Labute approximate surface area is 215 Å². The van der Waals surface area contributed by atoms with Crippen LogP contribution in [0.1, 0.15) is 46.6 Å². The molecule has 1 aromatic carbocycles. The summed E-state index contributed by atoms with van der Waals surface area (Å²) in [6.45, 7) is 5.33. The zero-order chi connectivity index (χ0) is 26.4. The van der Waals surface area contributed by atoms with Crippen molar-refractivity contribution in [3.05, 3.63) is 74.7 Å². The number of imide groups is 1. The summed E-state index contributed by atoms with van der Waals surface area (Å²) in [5.74, 6) is -0.805. The number of nitrogens with zero attached hydrogens (tertiary/aromatic N) is 5. The molecule has 1 aliphatic rings. The molecule has 0 aliphatic carbocycles. The first-order valence-electron chi connectivity index (χ1n) is 11.5. The van der Waals surface area contributed by atoms with Crippen LogP contribution in [0, 0.1) is 20.8 Å². The lowest BCUT2D eigenvalue weighted by atomic mass is 10.1. The zero-order valence-corrected chi connectivity index (χ0v) is 21.0. The third-order valence-corrected chi connectivity index (χ3v) is 6.46. The number of piperidine rings is 1. The fraction of sp³-hybridized carbons (Fsp3) is 0.240. The Kier molecular flexibility index (Phi) is 6.08. The van der Waals surface area contributed by atoms with Crippen LogP contribution in [-0.4, -0.2) is 42.0 Å². The number of pyridine rings is 1. The zero-order valence-electron chi connectivity index (χ0n) is 20.2. The van der Waals surface area contributed by atoms with Crippen LogP contribution in [0.2, 0.25) is 5.02 Å². The van der Waals surface area contributed by atoms with Gasteiger partial charge in [0.1, 0.15) is 23.1 Å². The van der Waals surface area contributed by atoms with Crippen molar-refractivity contribution < 1.29 is 14.4 Å². The number of carbonyl (C=O) groups excluding carboxylic acids is 3. The van der Waals surface area contributed by atoms with Crippen molar-refractivity contribution >= 4 is 45.9 Å². The molecule has 1 unspecified atom stereocenters. The second kappa shape index (κ2) is 9.25. The Morgan fingerprint density at radius 3 is 2.59 bits per heavy atom.